The van der Waals surface area contributed by atoms with Crippen LogP contribution in [0.4, 0.5) is 5.69 Å². The Bertz CT molecular complexity index is 929. The van der Waals surface area contributed by atoms with Crippen molar-refractivity contribution in [1.82, 2.24) is 4.90 Å². The van der Waals surface area contributed by atoms with Crippen LogP contribution in [-0.4, -0.2) is 29.2 Å². The second-order valence-electron chi connectivity index (χ2n) is 6.75. The second kappa shape index (κ2) is 7.33. The highest BCUT2D eigenvalue weighted by atomic mass is 35.5. The number of para-hydroxylation sites is 1. The summed E-state index contributed by atoms with van der Waals surface area (Å²) in [7, 11) is 0. The van der Waals surface area contributed by atoms with Gasteiger partial charge in [0.15, 0.2) is 0 Å². The molecule has 0 aliphatic carbocycles. The van der Waals surface area contributed by atoms with Crippen molar-refractivity contribution in [2.24, 2.45) is 0 Å². The number of fused-ring (bicyclic) bond motifs is 1. The predicted octanol–water partition coefficient (Wildman–Crippen LogP) is 4.66. The van der Waals surface area contributed by atoms with E-state index in [-0.39, 0.29) is 33.6 Å². The number of hydrogen-bond donors (Lipinski definition) is 1. The summed E-state index contributed by atoms with van der Waals surface area (Å²) in [5.41, 5.74) is 2.92. The molecule has 0 fully saturated rings. The second-order valence-corrected chi connectivity index (χ2v) is 7.56. The molecule has 7 heteroatoms. The summed E-state index contributed by atoms with van der Waals surface area (Å²) in [4.78, 5) is 38.5. The van der Waals surface area contributed by atoms with Crippen molar-refractivity contribution in [3.63, 3.8) is 0 Å². The number of amides is 3. The fourth-order valence-electron chi connectivity index (χ4n) is 3.09. The zero-order valence-electron chi connectivity index (χ0n) is 15.1. The SMILES string of the molecule is Cc1cccc(C(C)C)c1NC(=O)CN1C(=O)c2cc(Cl)c(Cl)cc2C1=O. The van der Waals surface area contributed by atoms with Crippen LogP contribution in [0.1, 0.15) is 51.6 Å². The lowest BCUT2D eigenvalue weighted by Crippen LogP contribution is -2.37. The number of benzene rings is 2. The van der Waals surface area contributed by atoms with Gasteiger partial charge in [0.2, 0.25) is 5.91 Å². The van der Waals surface area contributed by atoms with Crippen LogP contribution in [0.5, 0.6) is 0 Å². The van der Waals surface area contributed by atoms with Crippen molar-refractivity contribution in [1.29, 1.82) is 0 Å². The van der Waals surface area contributed by atoms with E-state index in [4.69, 9.17) is 23.2 Å². The highest BCUT2D eigenvalue weighted by Gasteiger charge is 2.37. The molecule has 3 rings (SSSR count). The molecule has 0 atom stereocenters. The van der Waals surface area contributed by atoms with E-state index in [1.165, 1.54) is 12.1 Å². The van der Waals surface area contributed by atoms with Crippen LogP contribution >= 0.6 is 23.2 Å². The summed E-state index contributed by atoms with van der Waals surface area (Å²) in [6.07, 6.45) is 0. The summed E-state index contributed by atoms with van der Waals surface area (Å²) < 4.78 is 0. The smallest absolute Gasteiger partial charge is 0.262 e. The number of halogens is 2. The minimum absolute atomic E-state index is 0.154. The van der Waals surface area contributed by atoms with Gasteiger partial charge in [-0.3, -0.25) is 19.3 Å². The molecule has 140 valence electrons. The number of rotatable bonds is 4. The first-order valence-corrected chi connectivity index (χ1v) is 9.21. The molecule has 0 radical (unpaired) electrons. The minimum Gasteiger partial charge on any atom is -0.324 e. The molecule has 0 saturated heterocycles. The van der Waals surface area contributed by atoms with Gasteiger partial charge in [-0.15, -0.1) is 0 Å². The summed E-state index contributed by atoms with van der Waals surface area (Å²) in [5, 5.41) is 3.21. The maximum Gasteiger partial charge on any atom is 0.262 e. The van der Waals surface area contributed by atoms with Gasteiger partial charge in [-0.2, -0.15) is 0 Å². The third-order valence-electron chi connectivity index (χ3n) is 4.50. The van der Waals surface area contributed by atoms with Crippen molar-refractivity contribution >= 4 is 46.6 Å². The number of carbonyl (C=O) groups excluding carboxylic acids is 3. The van der Waals surface area contributed by atoms with Crippen LogP contribution in [0.2, 0.25) is 10.0 Å². The summed E-state index contributed by atoms with van der Waals surface area (Å²) in [5.74, 6) is -1.35. The van der Waals surface area contributed by atoms with Gasteiger partial charge in [-0.1, -0.05) is 55.2 Å². The van der Waals surface area contributed by atoms with Crippen LogP contribution in [0.15, 0.2) is 30.3 Å². The monoisotopic (exact) mass is 404 g/mol. The zero-order valence-corrected chi connectivity index (χ0v) is 16.6. The Balaban J connectivity index is 1.82. The first-order valence-electron chi connectivity index (χ1n) is 8.45. The van der Waals surface area contributed by atoms with E-state index in [0.717, 1.165) is 16.0 Å². The average Bonchev–Trinajstić information content (AvgIpc) is 2.82. The molecule has 1 aliphatic rings. The summed E-state index contributed by atoms with van der Waals surface area (Å²) in [6, 6.07) is 8.48. The lowest BCUT2D eigenvalue weighted by atomic mass is 9.98. The minimum atomic E-state index is -0.558. The molecule has 0 bridgehead atoms. The van der Waals surface area contributed by atoms with Gasteiger partial charge in [0.05, 0.1) is 21.2 Å². The van der Waals surface area contributed by atoms with Crippen LogP contribution in [0.25, 0.3) is 0 Å². The highest BCUT2D eigenvalue weighted by Crippen LogP contribution is 2.32. The summed E-state index contributed by atoms with van der Waals surface area (Å²) in [6.45, 7) is 5.57. The molecule has 1 heterocycles. The molecular weight excluding hydrogens is 387 g/mol. The Morgan fingerprint density at radius 2 is 1.63 bits per heavy atom. The van der Waals surface area contributed by atoms with Crippen LogP contribution < -0.4 is 5.32 Å². The maximum absolute atomic E-state index is 12.6. The quantitative estimate of drug-likeness (QED) is 0.753. The molecule has 5 nitrogen and oxygen atoms in total. The molecule has 0 aromatic heterocycles. The van der Waals surface area contributed by atoms with Gasteiger partial charge in [0, 0.05) is 5.69 Å². The molecule has 27 heavy (non-hydrogen) atoms. The Morgan fingerprint density at radius 3 is 2.15 bits per heavy atom. The zero-order chi connectivity index (χ0) is 19.9. The number of aryl methyl sites for hydroxylation is 1. The van der Waals surface area contributed by atoms with Crippen LogP contribution in [-0.2, 0) is 4.79 Å². The number of hydrogen-bond acceptors (Lipinski definition) is 3. The number of carbonyl (C=O) groups is 3. The number of nitrogens with zero attached hydrogens (tertiary/aromatic N) is 1. The van der Waals surface area contributed by atoms with Crippen molar-refractivity contribution in [2.75, 3.05) is 11.9 Å². The third-order valence-corrected chi connectivity index (χ3v) is 5.23. The first-order chi connectivity index (χ1) is 12.7. The van der Waals surface area contributed by atoms with Gasteiger partial charge in [0.1, 0.15) is 6.54 Å². The Labute approximate surface area is 167 Å². The van der Waals surface area contributed by atoms with E-state index < -0.39 is 17.7 Å². The van der Waals surface area contributed by atoms with Gasteiger partial charge in [-0.05, 0) is 36.1 Å². The Hall–Kier alpha value is -2.37. The fraction of sp³-hybridized carbons (Fsp3) is 0.250. The van der Waals surface area contributed by atoms with Crippen molar-refractivity contribution < 1.29 is 14.4 Å². The number of imide groups is 1. The third kappa shape index (κ3) is 3.57. The topological polar surface area (TPSA) is 66.5 Å². The van der Waals surface area contributed by atoms with Crippen LogP contribution in [0.3, 0.4) is 0 Å². The highest BCUT2D eigenvalue weighted by molar-refractivity contribution is 6.43. The van der Waals surface area contributed by atoms with Crippen molar-refractivity contribution in [2.45, 2.75) is 26.7 Å². The molecule has 3 amide bonds. The molecule has 2 aromatic rings. The van der Waals surface area contributed by atoms with Crippen molar-refractivity contribution in [3.8, 4) is 0 Å². The molecule has 0 saturated carbocycles. The standard InChI is InChI=1S/C20H18Cl2N2O3/c1-10(2)12-6-4-5-11(3)18(12)23-17(25)9-24-19(26)13-7-15(21)16(22)8-14(13)20(24)27/h4-8,10H,9H2,1-3H3,(H,23,25). The molecule has 2 aromatic carbocycles. The lowest BCUT2D eigenvalue weighted by Gasteiger charge is -2.18. The van der Waals surface area contributed by atoms with E-state index in [0.29, 0.717) is 5.69 Å². The molecule has 0 spiro atoms. The number of nitrogens with one attached hydrogen (secondary N) is 1. The van der Waals surface area contributed by atoms with E-state index in [2.05, 4.69) is 5.32 Å². The maximum atomic E-state index is 12.6. The van der Waals surface area contributed by atoms with Crippen LogP contribution in [0, 0.1) is 6.92 Å². The van der Waals surface area contributed by atoms with Gasteiger partial charge in [0.25, 0.3) is 11.8 Å². The first kappa shape index (κ1) is 19.4. The molecule has 0 unspecified atom stereocenters. The number of anilines is 1. The van der Waals surface area contributed by atoms with Gasteiger partial charge < -0.3 is 5.32 Å². The van der Waals surface area contributed by atoms with E-state index in [9.17, 15) is 14.4 Å². The van der Waals surface area contributed by atoms with Gasteiger partial charge >= 0.3 is 0 Å². The predicted molar refractivity (Wildman–Crippen MR) is 106 cm³/mol. The normalized spacial score (nSPS) is 13.3. The van der Waals surface area contributed by atoms with E-state index in [1.807, 2.05) is 39.0 Å². The van der Waals surface area contributed by atoms with E-state index >= 15 is 0 Å². The molecule has 1 aliphatic heterocycles. The summed E-state index contributed by atoms with van der Waals surface area (Å²) >= 11 is 11.9. The lowest BCUT2D eigenvalue weighted by molar-refractivity contribution is -0.116. The Kier molecular flexibility index (Phi) is 5.27. The van der Waals surface area contributed by atoms with Gasteiger partial charge in [-0.25, -0.2) is 0 Å². The van der Waals surface area contributed by atoms with Crippen molar-refractivity contribution in [3.05, 3.63) is 62.6 Å². The largest absolute Gasteiger partial charge is 0.324 e. The Morgan fingerprint density at radius 1 is 1.07 bits per heavy atom. The van der Waals surface area contributed by atoms with E-state index in [1.54, 1.807) is 0 Å². The molecular formula is C20H18Cl2N2O3. The fourth-order valence-corrected chi connectivity index (χ4v) is 3.42. The average molecular weight is 405 g/mol. The molecule has 1 N–H and O–H groups in total.